The second kappa shape index (κ2) is 6.71. The van der Waals surface area contributed by atoms with Gasteiger partial charge in [0.15, 0.2) is 5.12 Å². The smallest absolute Gasteiger partial charge is 0.416 e. The molecule has 1 aliphatic heterocycles. The number of rotatable bonds is 4. The number of benzene rings is 1. The minimum absolute atomic E-state index is 0.126. The third-order valence-electron chi connectivity index (χ3n) is 3.05. The third-order valence-corrected chi connectivity index (χ3v) is 3.96. The van der Waals surface area contributed by atoms with Crippen LogP contribution < -0.4 is 0 Å². The Labute approximate surface area is 125 Å². The monoisotopic (exact) mass is 311 g/mol. The Kier molecular flexibility index (Phi) is 4.95. The van der Waals surface area contributed by atoms with Crippen LogP contribution in [0.3, 0.4) is 0 Å². The summed E-state index contributed by atoms with van der Waals surface area (Å²) in [6.07, 6.45) is -0.681. The maximum Gasteiger partial charge on any atom is 0.416 e. The van der Waals surface area contributed by atoms with Crippen molar-refractivity contribution in [2.75, 3.05) is 18.9 Å². The van der Waals surface area contributed by atoms with Crippen LogP contribution in [0.2, 0.25) is 0 Å². The lowest BCUT2D eigenvalue weighted by Crippen LogP contribution is -2.36. The Morgan fingerprint density at radius 2 is 2.05 bits per heavy atom. The summed E-state index contributed by atoms with van der Waals surface area (Å²) in [6, 6.07) is 5.46. The van der Waals surface area contributed by atoms with Crippen molar-refractivity contribution >= 4 is 28.9 Å². The first kappa shape index (κ1) is 15.5. The average molecular weight is 311 g/mol. The van der Waals surface area contributed by atoms with Crippen LogP contribution in [0.25, 0.3) is 0 Å². The zero-order valence-corrected chi connectivity index (χ0v) is 12.2. The van der Waals surface area contributed by atoms with Gasteiger partial charge in [0.25, 0.3) is 0 Å². The van der Waals surface area contributed by atoms with Crippen molar-refractivity contribution in [1.29, 1.82) is 0 Å². The van der Waals surface area contributed by atoms with E-state index in [1.165, 1.54) is 31.2 Å². The molecule has 1 atom stereocenters. The number of halogens is 1. The number of thioether (sulfide) groups is 1. The predicted octanol–water partition coefficient (Wildman–Crippen LogP) is 2.17. The minimum atomic E-state index is -0.690. The number of carbonyl (C=O) groups excluding carboxylic acids is 3. The molecule has 0 bridgehead atoms. The number of nitrogens with zero attached hydrogens (tertiary/aromatic N) is 1. The van der Waals surface area contributed by atoms with Gasteiger partial charge in [0, 0.05) is 12.7 Å². The fraction of sp³-hybridized carbons (Fsp3) is 0.357. The lowest BCUT2D eigenvalue weighted by atomic mass is 9.99. The van der Waals surface area contributed by atoms with Crippen LogP contribution in [0.4, 0.5) is 9.18 Å². The van der Waals surface area contributed by atoms with Crippen molar-refractivity contribution in [3.05, 3.63) is 35.6 Å². The molecular weight excluding hydrogens is 297 g/mol. The Morgan fingerprint density at radius 1 is 1.38 bits per heavy atom. The summed E-state index contributed by atoms with van der Waals surface area (Å²) in [6.45, 7) is 1.77. The predicted molar refractivity (Wildman–Crippen MR) is 75.3 cm³/mol. The molecule has 0 radical (unpaired) electrons. The number of imide groups is 1. The molecule has 112 valence electrons. The molecule has 0 spiro atoms. The number of cyclic esters (lactones) is 1. The molecule has 1 aromatic carbocycles. The molecule has 7 heteroatoms. The highest BCUT2D eigenvalue weighted by atomic mass is 32.2. The molecule has 2 amide bonds. The lowest BCUT2D eigenvalue weighted by molar-refractivity contribution is -0.128. The summed E-state index contributed by atoms with van der Waals surface area (Å²) < 4.78 is 17.7. The van der Waals surface area contributed by atoms with Gasteiger partial charge in [-0.15, -0.1) is 0 Å². The first-order chi connectivity index (χ1) is 9.99. The van der Waals surface area contributed by atoms with E-state index in [1.54, 1.807) is 0 Å². The largest absolute Gasteiger partial charge is 0.447 e. The molecule has 0 unspecified atom stereocenters. The summed E-state index contributed by atoms with van der Waals surface area (Å²) in [5.41, 5.74) is 0.565. The molecule has 0 N–H and O–H groups in total. The van der Waals surface area contributed by atoms with E-state index in [0.29, 0.717) is 5.56 Å². The first-order valence-corrected chi connectivity index (χ1v) is 7.34. The number of hydrogen-bond donors (Lipinski definition) is 0. The Hall–Kier alpha value is -1.89. The van der Waals surface area contributed by atoms with Crippen LogP contribution in [-0.4, -0.2) is 40.9 Å². The summed E-state index contributed by atoms with van der Waals surface area (Å²) >= 11 is 0.994. The van der Waals surface area contributed by atoms with E-state index < -0.39 is 23.7 Å². The molecule has 5 nitrogen and oxygen atoms in total. The van der Waals surface area contributed by atoms with Crippen LogP contribution in [-0.2, 0) is 14.3 Å². The Morgan fingerprint density at radius 3 is 2.57 bits per heavy atom. The summed E-state index contributed by atoms with van der Waals surface area (Å²) in [7, 11) is 0. The molecule has 2 rings (SSSR count). The Balaban J connectivity index is 2.22. The van der Waals surface area contributed by atoms with Gasteiger partial charge in [-0.1, -0.05) is 23.9 Å². The highest BCUT2D eigenvalue weighted by Crippen LogP contribution is 2.25. The van der Waals surface area contributed by atoms with E-state index in [2.05, 4.69) is 0 Å². The van der Waals surface area contributed by atoms with Gasteiger partial charge in [0.1, 0.15) is 12.4 Å². The van der Waals surface area contributed by atoms with Gasteiger partial charge in [-0.25, -0.2) is 14.1 Å². The zero-order valence-electron chi connectivity index (χ0n) is 11.4. The fourth-order valence-electron chi connectivity index (χ4n) is 1.99. The molecule has 1 heterocycles. The van der Waals surface area contributed by atoms with E-state index in [-0.39, 0.29) is 24.0 Å². The van der Waals surface area contributed by atoms with E-state index in [9.17, 15) is 18.8 Å². The standard InChI is InChI=1S/C14H14FNO4S/c1-9(17)21-8-12(10-2-4-11(15)5-3-10)13(18)16-6-7-20-14(16)19/h2-5,12H,6-8H2,1H3/t12-/m1/s1. The SMILES string of the molecule is CC(=O)SC[C@@H](C(=O)N1CCOC1=O)c1ccc(F)cc1. The normalized spacial score (nSPS) is 15.7. The van der Waals surface area contributed by atoms with Crippen molar-refractivity contribution in [3.8, 4) is 0 Å². The van der Waals surface area contributed by atoms with E-state index >= 15 is 0 Å². The molecule has 0 saturated carbocycles. The average Bonchev–Trinajstić information content (AvgIpc) is 2.86. The molecule has 21 heavy (non-hydrogen) atoms. The molecular formula is C14H14FNO4S. The lowest BCUT2D eigenvalue weighted by Gasteiger charge is -2.20. The zero-order chi connectivity index (χ0) is 15.4. The minimum Gasteiger partial charge on any atom is -0.447 e. The topological polar surface area (TPSA) is 63.7 Å². The quantitative estimate of drug-likeness (QED) is 0.852. The van der Waals surface area contributed by atoms with Gasteiger partial charge >= 0.3 is 6.09 Å². The van der Waals surface area contributed by atoms with Gasteiger partial charge in [-0.3, -0.25) is 9.59 Å². The number of ether oxygens (including phenoxy) is 1. The highest BCUT2D eigenvalue weighted by Gasteiger charge is 2.34. The summed E-state index contributed by atoms with van der Waals surface area (Å²) in [5, 5.41) is -0.126. The fourth-order valence-corrected chi connectivity index (χ4v) is 2.72. The summed E-state index contributed by atoms with van der Waals surface area (Å²) in [4.78, 5) is 36.1. The second-order valence-corrected chi connectivity index (χ2v) is 5.71. The second-order valence-electron chi connectivity index (χ2n) is 4.51. The van der Waals surface area contributed by atoms with Crippen molar-refractivity contribution in [3.63, 3.8) is 0 Å². The van der Waals surface area contributed by atoms with Gasteiger partial charge in [-0.2, -0.15) is 0 Å². The molecule has 0 aliphatic carbocycles. The molecule has 1 saturated heterocycles. The van der Waals surface area contributed by atoms with Crippen LogP contribution in [0.15, 0.2) is 24.3 Å². The number of hydrogen-bond acceptors (Lipinski definition) is 5. The molecule has 0 aromatic heterocycles. The number of carbonyl (C=O) groups is 3. The molecule has 1 aliphatic rings. The van der Waals surface area contributed by atoms with Crippen LogP contribution in [0.5, 0.6) is 0 Å². The van der Waals surface area contributed by atoms with Crippen molar-refractivity contribution < 1.29 is 23.5 Å². The van der Waals surface area contributed by atoms with Crippen LogP contribution >= 0.6 is 11.8 Å². The van der Waals surface area contributed by atoms with Gasteiger partial charge in [-0.05, 0) is 17.7 Å². The van der Waals surface area contributed by atoms with E-state index in [1.807, 2.05) is 0 Å². The molecule has 1 aromatic rings. The summed E-state index contributed by atoms with van der Waals surface area (Å²) in [5.74, 6) is -1.34. The van der Waals surface area contributed by atoms with Crippen molar-refractivity contribution in [2.24, 2.45) is 0 Å². The number of amides is 2. The van der Waals surface area contributed by atoms with Gasteiger partial charge in [0.2, 0.25) is 5.91 Å². The van der Waals surface area contributed by atoms with E-state index in [4.69, 9.17) is 4.74 Å². The van der Waals surface area contributed by atoms with Crippen molar-refractivity contribution in [1.82, 2.24) is 4.90 Å². The van der Waals surface area contributed by atoms with E-state index in [0.717, 1.165) is 16.7 Å². The Bertz CT molecular complexity index is 561. The first-order valence-electron chi connectivity index (χ1n) is 6.36. The maximum absolute atomic E-state index is 13.0. The maximum atomic E-state index is 13.0. The van der Waals surface area contributed by atoms with Gasteiger partial charge in [0.05, 0.1) is 12.5 Å². The van der Waals surface area contributed by atoms with Crippen LogP contribution in [0.1, 0.15) is 18.4 Å². The van der Waals surface area contributed by atoms with Crippen LogP contribution in [0, 0.1) is 5.82 Å². The third kappa shape index (κ3) is 3.81. The van der Waals surface area contributed by atoms with Crippen molar-refractivity contribution in [2.45, 2.75) is 12.8 Å². The molecule has 1 fully saturated rings. The highest BCUT2D eigenvalue weighted by molar-refractivity contribution is 8.13. The van der Waals surface area contributed by atoms with Gasteiger partial charge < -0.3 is 4.74 Å².